The van der Waals surface area contributed by atoms with Crippen molar-refractivity contribution in [1.29, 1.82) is 0 Å². The molecule has 0 bridgehead atoms. The molecule has 0 aliphatic heterocycles. The van der Waals surface area contributed by atoms with Crippen LogP contribution in [0.1, 0.15) is 11.1 Å². The van der Waals surface area contributed by atoms with Crippen molar-refractivity contribution in [3.63, 3.8) is 0 Å². The predicted octanol–water partition coefficient (Wildman–Crippen LogP) is 6.02. The molecule has 3 aromatic carbocycles. The van der Waals surface area contributed by atoms with Gasteiger partial charge in [-0.05, 0) is 48.4 Å². The number of aryl methyl sites for hydroxylation is 1. The number of carbonyl (C=O) groups is 1. The van der Waals surface area contributed by atoms with Crippen LogP contribution in [0.15, 0.2) is 88.7 Å². The number of hydrogen-bond acceptors (Lipinski definition) is 3. The minimum absolute atomic E-state index is 0.0216. The molecule has 1 amide bonds. The van der Waals surface area contributed by atoms with Gasteiger partial charge in [0.15, 0.2) is 0 Å². The van der Waals surface area contributed by atoms with Crippen molar-refractivity contribution in [2.75, 3.05) is 11.1 Å². The van der Waals surface area contributed by atoms with Crippen LogP contribution in [0.3, 0.4) is 0 Å². The van der Waals surface area contributed by atoms with Crippen LogP contribution in [0.4, 0.5) is 5.69 Å². The summed E-state index contributed by atoms with van der Waals surface area (Å²) < 4.78 is 0. The Balaban J connectivity index is 1.53. The molecule has 2 nitrogen and oxygen atoms in total. The number of thioether (sulfide) groups is 2. The molecule has 4 heteroatoms. The molecule has 0 aliphatic rings. The summed E-state index contributed by atoms with van der Waals surface area (Å²) in [5.74, 6) is 1.35. The van der Waals surface area contributed by atoms with Crippen molar-refractivity contribution in [2.45, 2.75) is 22.5 Å². The summed E-state index contributed by atoms with van der Waals surface area (Å²) >= 11 is 3.36. The van der Waals surface area contributed by atoms with Crippen LogP contribution >= 0.6 is 23.5 Å². The van der Waals surface area contributed by atoms with E-state index in [9.17, 15) is 4.79 Å². The maximum atomic E-state index is 12.2. The fourth-order valence-electron chi connectivity index (χ4n) is 2.49. The van der Waals surface area contributed by atoms with Gasteiger partial charge in [0.1, 0.15) is 0 Å². The number of amides is 1. The molecule has 0 aliphatic carbocycles. The molecule has 0 saturated heterocycles. The maximum Gasteiger partial charge on any atom is 0.234 e. The standard InChI is InChI=1S/C22H21NOS2/c1-17-14-18(15-25-19-8-4-2-5-9-19)12-13-21(17)23-22(24)16-26-20-10-6-3-7-11-20/h2-14H,15-16H2,1H3,(H,23,24). The average Bonchev–Trinajstić information content (AvgIpc) is 2.68. The van der Waals surface area contributed by atoms with E-state index in [0.717, 1.165) is 21.9 Å². The van der Waals surface area contributed by atoms with Crippen LogP contribution in [0.2, 0.25) is 0 Å². The molecular weight excluding hydrogens is 358 g/mol. The fourth-order valence-corrected chi connectivity index (χ4v) is 4.07. The Kier molecular flexibility index (Phi) is 6.81. The molecular formula is C22H21NOS2. The van der Waals surface area contributed by atoms with E-state index in [-0.39, 0.29) is 5.91 Å². The first-order valence-electron chi connectivity index (χ1n) is 8.46. The van der Waals surface area contributed by atoms with Crippen LogP contribution in [0.5, 0.6) is 0 Å². The van der Waals surface area contributed by atoms with Crippen LogP contribution < -0.4 is 5.32 Å². The summed E-state index contributed by atoms with van der Waals surface area (Å²) in [5, 5.41) is 3.01. The number of benzene rings is 3. The Morgan fingerprint density at radius 2 is 1.46 bits per heavy atom. The Morgan fingerprint density at radius 3 is 2.08 bits per heavy atom. The molecule has 0 fully saturated rings. The molecule has 3 aromatic rings. The molecule has 0 unspecified atom stereocenters. The molecule has 132 valence electrons. The second-order valence-corrected chi connectivity index (χ2v) is 8.00. The number of hydrogen-bond donors (Lipinski definition) is 1. The summed E-state index contributed by atoms with van der Waals surface area (Å²) in [4.78, 5) is 14.6. The van der Waals surface area contributed by atoms with Crippen molar-refractivity contribution in [1.82, 2.24) is 0 Å². The first kappa shape index (κ1) is 18.6. The minimum atomic E-state index is 0.0216. The monoisotopic (exact) mass is 379 g/mol. The lowest BCUT2D eigenvalue weighted by Gasteiger charge is -2.10. The fraction of sp³-hybridized carbons (Fsp3) is 0.136. The van der Waals surface area contributed by atoms with Gasteiger partial charge < -0.3 is 5.32 Å². The van der Waals surface area contributed by atoms with Crippen molar-refractivity contribution in [3.8, 4) is 0 Å². The van der Waals surface area contributed by atoms with E-state index in [4.69, 9.17) is 0 Å². The van der Waals surface area contributed by atoms with E-state index in [1.165, 1.54) is 10.5 Å². The maximum absolute atomic E-state index is 12.2. The van der Waals surface area contributed by atoms with Crippen LogP contribution in [-0.2, 0) is 10.5 Å². The number of nitrogens with one attached hydrogen (secondary N) is 1. The van der Waals surface area contributed by atoms with E-state index in [0.29, 0.717) is 5.75 Å². The minimum Gasteiger partial charge on any atom is -0.325 e. The molecule has 0 heterocycles. The Hall–Kier alpha value is -2.17. The number of carbonyl (C=O) groups excluding carboxylic acids is 1. The van der Waals surface area contributed by atoms with Crippen LogP contribution in [0, 0.1) is 6.92 Å². The third-order valence-electron chi connectivity index (χ3n) is 3.83. The van der Waals surface area contributed by atoms with Gasteiger partial charge >= 0.3 is 0 Å². The summed E-state index contributed by atoms with van der Waals surface area (Å²) in [7, 11) is 0. The SMILES string of the molecule is Cc1cc(CSc2ccccc2)ccc1NC(=O)CSc1ccccc1. The first-order chi connectivity index (χ1) is 12.7. The highest BCUT2D eigenvalue weighted by Gasteiger charge is 2.07. The van der Waals surface area contributed by atoms with Crippen molar-refractivity contribution < 1.29 is 4.79 Å². The molecule has 0 atom stereocenters. The molecule has 0 saturated carbocycles. The zero-order chi connectivity index (χ0) is 18.2. The lowest BCUT2D eigenvalue weighted by atomic mass is 10.1. The van der Waals surface area contributed by atoms with Gasteiger partial charge in [-0.1, -0.05) is 48.5 Å². The molecule has 1 N–H and O–H groups in total. The summed E-state index contributed by atoms with van der Waals surface area (Å²) in [5.41, 5.74) is 3.24. The summed E-state index contributed by atoms with van der Waals surface area (Å²) in [6, 6.07) is 26.6. The van der Waals surface area contributed by atoms with Crippen LogP contribution in [0.25, 0.3) is 0 Å². The van der Waals surface area contributed by atoms with Crippen molar-refractivity contribution in [2.24, 2.45) is 0 Å². The summed E-state index contributed by atoms with van der Waals surface area (Å²) in [6.07, 6.45) is 0. The molecule has 0 radical (unpaired) electrons. The smallest absolute Gasteiger partial charge is 0.234 e. The molecule has 26 heavy (non-hydrogen) atoms. The van der Waals surface area contributed by atoms with Gasteiger partial charge in [0.05, 0.1) is 5.75 Å². The highest BCUT2D eigenvalue weighted by atomic mass is 32.2. The number of rotatable bonds is 7. The largest absolute Gasteiger partial charge is 0.325 e. The number of anilines is 1. The lowest BCUT2D eigenvalue weighted by Crippen LogP contribution is -2.14. The normalized spacial score (nSPS) is 10.5. The van der Waals surface area contributed by atoms with Gasteiger partial charge in [-0.15, -0.1) is 23.5 Å². The summed E-state index contributed by atoms with van der Waals surface area (Å²) in [6.45, 7) is 2.04. The van der Waals surface area contributed by atoms with Gasteiger partial charge in [-0.3, -0.25) is 4.79 Å². The topological polar surface area (TPSA) is 29.1 Å². The van der Waals surface area contributed by atoms with Crippen molar-refractivity contribution >= 4 is 35.1 Å². The second kappa shape index (κ2) is 9.51. The van der Waals surface area contributed by atoms with E-state index >= 15 is 0 Å². The van der Waals surface area contributed by atoms with E-state index in [2.05, 4.69) is 41.7 Å². The average molecular weight is 380 g/mol. The predicted molar refractivity (Wildman–Crippen MR) is 113 cm³/mol. The first-order valence-corrected chi connectivity index (χ1v) is 10.4. The highest BCUT2D eigenvalue weighted by molar-refractivity contribution is 8.00. The van der Waals surface area contributed by atoms with Crippen molar-refractivity contribution in [3.05, 3.63) is 90.0 Å². The third kappa shape index (κ3) is 5.68. The van der Waals surface area contributed by atoms with Crippen LogP contribution in [-0.4, -0.2) is 11.7 Å². The van der Waals surface area contributed by atoms with Gasteiger partial charge in [0.2, 0.25) is 5.91 Å². The van der Waals surface area contributed by atoms with Gasteiger partial charge in [-0.25, -0.2) is 0 Å². The lowest BCUT2D eigenvalue weighted by molar-refractivity contribution is -0.113. The molecule has 3 rings (SSSR count). The zero-order valence-corrected chi connectivity index (χ0v) is 16.3. The van der Waals surface area contributed by atoms with E-state index in [1.807, 2.05) is 61.2 Å². The third-order valence-corrected chi connectivity index (χ3v) is 5.92. The molecule has 0 aromatic heterocycles. The Bertz CT molecular complexity index is 851. The highest BCUT2D eigenvalue weighted by Crippen LogP contribution is 2.25. The van der Waals surface area contributed by atoms with Gasteiger partial charge in [-0.2, -0.15) is 0 Å². The quantitative estimate of drug-likeness (QED) is 0.509. The Morgan fingerprint density at radius 1 is 0.846 bits per heavy atom. The van der Waals surface area contributed by atoms with E-state index in [1.54, 1.807) is 11.8 Å². The molecule has 0 spiro atoms. The Labute approximate surface area is 163 Å². The van der Waals surface area contributed by atoms with E-state index < -0.39 is 0 Å². The zero-order valence-electron chi connectivity index (χ0n) is 14.6. The second-order valence-electron chi connectivity index (χ2n) is 5.90. The van der Waals surface area contributed by atoms with Gasteiger partial charge in [0, 0.05) is 21.2 Å². The van der Waals surface area contributed by atoms with Gasteiger partial charge in [0.25, 0.3) is 0 Å².